The lowest BCUT2D eigenvalue weighted by molar-refractivity contribution is 0.838. The average molecular weight is 279 g/mol. The van der Waals surface area contributed by atoms with E-state index >= 15 is 0 Å². The highest BCUT2D eigenvalue weighted by atomic mass is 28.3. The second-order valence-electron chi connectivity index (χ2n) is 7.15. The van der Waals surface area contributed by atoms with E-state index in [9.17, 15) is 0 Å². The van der Waals surface area contributed by atoms with Gasteiger partial charge in [-0.2, -0.15) is 0 Å². The van der Waals surface area contributed by atoms with Crippen molar-refractivity contribution in [3.8, 4) is 22.9 Å². The van der Waals surface area contributed by atoms with Gasteiger partial charge < -0.3 is 0 Å². The first kappa shape index (κ1) is 17.6. The van der Waals surface area contributed by atoms with Gasteiger partial charge in [-0.3, -0.25) is 0 Å². The van der Waals surface area contributed by atoms with Crippen molar-refractivity contribution in [2.24, 2.45) is 0 Å². The highest BCUT2D eigenvalue weighted by molar-refractivity contribution is 6.90. The van der Waals surface area contributed by atoms with Crippen LogP contribution in [0.1, 0.15) is 41.5 Å². The molecule has 0 saturated heterocycles. The summed E-state index contributed by atoms with van der Waals surface area (Å²) in [6.45, 7) is 20.8. The average Bonchev–Trinajstić information content (AvgIpc) is 2.13. The number of hydrogen-bond acceptors (Lipinski definition) is 0. The first-order valence-electron chi connectivity index (χ1n) is 7.08. The Hall–Kier alpha value is -0.446. The van der Waals surface area contributed by atoms with E-state index in [4.69, 9.17) is 0 Å². The summed E-state index contributed by atoms with van der Waals surface area (Å²) in [5.74, 6) is 6.34. The Morgan fingerprint density at radius 1 is 0.611 bits per heavy atom. The summed E-state index contributed by atoms with van der Waals surface area (Å²) < 4.78 is 0. The molecular formula is C16H30Si2. The molecule has 0 amide bonds. The van der Waals surface area contributed by atoms with Gasteiger partial charge in [0.05, 0.1) is 0 Å². The maximum Gasteiger partial charge on any atom is 0.147 e. The van der Waals surface area contributed by atoms with Crippen LogP contribution in [-0.2, 0) is 0 Å². The molecule has 18 heavy (non-hydrogen) atoms. The largest absolute Gasteiger partial charge is 0.147 e. The molecule has 102 valence electrons. The molecule has 0 rings (SSSR count). The molecule has 2 heteroatoms. The third kappa shape index (κ3) is 4.67. The zero-order valence-corrected chi connectivity index (χ0v) is 15.7. The van der Waals surface area contributed by atoms with Crippen molar-refractivity contribution in [3.63, 3.8) is 0 Å². The molecule has 0 aliphatic heterocycles. The van der Waals surface area contributed by atoms with Gasteiger partial charge in [0, 0.05) is 0 Å². The fourth-order valence-corrected chi connectivity index (χ4v) is 8.37. The standard InChI is InChI=1S/C16H30Si2/c1-14(2)18(15(3)4,16(5)6)13-11-10-12-17(7,8)9/h14-16H,1-9H3. The molecule has 0 bridgehead atoms. The summed E-state index contributed by atoms with van der Waals surface area (Å²) in [5.41, 5.74) is 9.07. The fourth-order valence-electron chi connectivity index (χ4n) is 2.79. The van der Waals surface area contributed by atoms with Crippen molar-refractivity contribution in [1.29, 1.82) is 0 Å². The summed E-state index contributed by atoms with van der Waals surface area (Å²) in [6.07, 6.45) is 0. The van der Waals surface area contributed by atoms with Crippen LogP contribution in [0.4, 0.5) is 0 Å². The van der Waals surface area contributed by atoms with Crippen molar-refractivity contribution in [3.05, 3.63) is 0 Å². The van der Waals surface area contributed by atoms with Crippen LogP contribution < -0.4 is 0 Å². The molecule has 0 aromatic carbocycles. The van der Waals surface area contributed by atoms with Crippen LogP contribution >= 0.6 is 0 Å². The fraction of sp³-hybridized carbons (Fsp3) is 0.750. The highest BCUT2D eigenvalue weighted by Gasteiger charge is 2.41. The molecule has 0 N–H and O–H groups in total. The van der Waals surface area contributed by atoms with Gasteiger partial charge >= 0.3 is 0 Å². The Morgan fingerprint density at radius 2 is 0.944 bits per heavy atom. The Morgan fingerprint density at radius 3 is 1.22 bits per heavy atom. The molecule has 0 atom stereocenters. The van der Waals surface area contributed by atoms with E-state index < -0.39 is 16.1 Å². The van der Waals surface area contributed by atoms with Crippen molar-refractivity contribution >= 4 is 16.1 Å². The smallest absolute Gasteiger partial charge is 0.118 e. The maximum absolute atomic E-state index is 3.64. The molecule has 0 spiro atoms. The van der Waals surface area contributed by atoms with Crippen molar-refractivity contribution < 1.29 is 0 Å². The molecule has 0 saturated carbocycles. The van der Waals surface area contributed by atoms with Gasteiger partial charge in [0.2, 0.25) is 0 Å². The molecule has 0 aliphatic rings. The quantitative estimate of drug-likeness (QED) is 0.498. The van der Waals surface area contributed by atoms with Crippen LogP contribution in [-0.4, -0.2) is 16.1 Å². The second-order valence-corrected chi connectivity index (χ2v) is 17.5. The van der Waals surface area contributed by atoms with E-state index in [0.717, 1.165) is 0 Å². The molecule has 0 aliphatic carbocycles. The Kier molecular flexibility index (Phi) is 6.48. The Bertz CT molecular complexity index is 354. The van der Waals surface area contributed by atoms with Crippen molar-refractivity contribution in [1.82, 2.24) is 0 Å². The van der Waals surface area contributed by atoms with Gasteiger partial charge in [-0.05, 0) is 28.5 Å². The normalized spacial score (nSPS) is 12.2. The van der Waals surface area contributed by atoms with Gasteiger partial charge in [-0.15, -0.1) is 11.1 Å². The summed E-state index contributed by atoms with van der Waals surface area (Å²) in [4.78, 5) is 0. The van der Waals surface area contributed by atoms with Crippen molar-refractivity contribution in [2.75, 3.05) is 0 Å². The molecular weight excluding hydrogens is 248 g/mol. The number of rotatable bonds is 3. The van der Waals surface area contributed by atoms with Gasteiger partial charge in [-0.25, -0.2) is 0 Å². The van der Waals surface area contributed by atoms with Crippen LogP contribution in [0, 0.1) is 22.9 Å². The molecule has 0 heterocycles. The maximum atomic E-state index is 3.64. The zero-order valence-electron chi connectivity index (χ0n) is 13.7. The number of hydrogen-bond donors (Lipinski definition) is 0. The van der Waals surface area contributed by atoms with E-state index in [-0.39, 0.29) is 0 Å². The monoisotopic (exact) mass is 278 g/mol. The van der Waals surface area contributed by atoms with Gasteiger partial charge in [0.15, 0.2) is 0 Å². The molecule has 0 nitrogen and oxygen atoms in total. The van der Waals surface area contributed by atoms with Crippen molar-refractivity contribution in [2.45, 2.75) is 77.8 Å². The third-order valence-corrected chi connectivity index (χ3v) is 10.8. The zero-order chi connectivity index (χ0) is 14.6. The minimum Gasteiger partial charge on any atom is -0.118 e. The van der Waals surface area contributed by atoms with Crippen LogP contribution in [0.25, 0.3) is 0 Å². The van der Waals surface area contributed by atoms with Crippen LogP contribution in [0.3, 0.4) is 0 Å². The lowest BCUT2D eigenvalue weighted by atomic mass is 10.5. The highest BCUT2D eigenvalue weighted by Crippen LogP contribution is 2.40. The summed E-state index contributed by atoms with van der Waals surface area (Å²) in [7, 11) is -2.86. The van der Waals surface area contributed by atoms with Gasteiger partial charge in [-0.1, -0.05) is 61.2 Å². The minimum atomic E-state index is -1.57. The summed E-state index contributed by atoms with van der Waals surface area (Å²) in [6, 6.07) is 0. The minimum absolute atomic E-state index is 0.693. The summed E-state index contributed by atoms with van der Waals surface area (Å²) >= 11 is 0. The first-order valence-corrected chi connectivity index (χ1v) is 12.8. The van der Waals surface area contributed by atoms with E-state index in [1.165, 1.54) is 0 Å². The third-order valence-electron chi connectivity index (χ3n) is 3.65. The van der Waals surface area contributed by atoms with Crippen LogP contribution in [0.5, 0.6) is 0 Å². The lowest BCUT2D eigenvalue weighted by Gasteiger charge is -2.37. The Balaban J connectivity index is 5.38. The first-order chi connectivity index (χ1) is 8.04. The van der Waals surface area contributed by atoms with Crippen LogP contribution in [0.2, 0.25) is 36.3 Å². The predicted molar refractivity (Wildman–Crippen MR) is 89.9 cm³/mol. The molecule has 0 unspecified atom stereocenters. The molecule has 0 aromatic rings. The Labute approximate surface area is 117 Å². The topological polar surface area (TPSA) is 0 Å². The van der Waals surface area contributed by atoms with E-state index in [2.05, 4.69) is 84.1 Å². The second kappa shape index (κ2) is 6.64. The SMILES string of the molecule is CC(C)[Si](C#CC#C[Si](C)(C)C)(C(C)C)C(C)C. The van der Waals surface area contributed by atoms with Crippen LogP contribution in [0.15, 0.2) is 0 Å². The van der Waals surface area contributed by atoms with E-state index in [1.54, 1.807) is 0 Å². The molecule has 0 fully saturated rings. The summed E-state index contributed by atoms with van der Waals surface area (Å²) in [5, 5.41) is 0. The lowest BCUT2D eigenvalue weighted by Crippen LogP contribution is -2.43. The van der Waals surface area contributed by atoms with Gasteiger partial charge in [0.25, 0.3) is 0 Å². The van der Waals surface area contributed by atoms with E-state index in [0.29, 0.717) is 16.6 Å². The van der Waals surface area contributed by atoms with E-state index in [1.807, 2.05) is 0 Å². The molecule has 0 radical (unpaired) electrons. The van der Waals surface area contributed by atoms with Gasteiger partial charge in [0.1, 0.15) is 16.1 Å². The molecule has 0 aromatic heterocycles. The predicted octanol–water partition coefficient (Wildman–Crippen LogP) is 5.09.